The van der Waals surface area contributed by atoms with Crippen LogP contribution in [0.5, 0.6) is 0 Å². The predicted octanol–water partition coefficient (Wildman–Crippen LogP) is -0.996. The maximum Gasteiger partial charge on any atom is 0.354 e. The number of hydrogen-bond donors (Lipinski definition) is 2. The summed E-state index contributed by atoms with van der Waals surface area (Å²) in [6.45, 7) is 1.63. The van der Waals surface area contributed by atoms with E-state index >= 15 is 0 Å². The minimum Gasteiger partial charge on any atom is -0.461 e. The molecule has 1 unspecified atom stereocenters. The van der Waals surface area contributed by atoms with Crippen LogP contribution in [0.1, 0.15) is 6.92 Å². The topological polar surface area (TPSA) is 121 Å². The third kappa shape index (κ3) is 2.22. The first kappa shape index (κ1) is 11.0. The lowest BCUT2D eigenvalue weighted by molar-refractivity contribution is -0.140. The molecule has 0 bridgehead atoms. The SMILES string of the molecule is CCOC(=O)C(=N)C1N=NNC(=O)C1=O. The second-order valence-electron chi connectivity index (χ2n) is 2.56. The largest absolute Gasteiger partial charge is 0.461 e. The van der Waals surface area contributed by atoms with E-state index in [1.165, 1.54) is 0 Å². The van der Waals surface area contributed by atoms with Gasteiger partial charge in [0, 0.05) is 0 Å². The van der Waals surface area contributed by atoms with E-state index in [0.29, 0.717) is 0 Å². The quantitative estimate of drug-likeness (QED) is 0.354. The molecular formula is C7H8N4O4. The van der Waals surface area contributed by atoms with E-state index in [-0.39, 0.29) is 6.61 Å². The van der Waals surface area contributed by atoms with Gasteiger partial charge >= 0.3 is 11.9 Å². The van der Waals surface area contributed by atoms with Gasteiger partial charge in [0.1, 0.15) is 0 Å². The van der Waals surface area contributed by atoms with Crippen LogP contribution in [-0.4, -0.2) is 36.0 Å². The van der Waals surface area contributed by atoms with Crippen LogP contribution in [0.25, 0.3) is 0 Å². The number of rotatable bonds is 3. The van der Waals surface area contributed by atoms with Gasteiger partial charge < -0.3 is 4.74 Å². The number of nitrogens with one attached hydrogen (secondary N) is 2. The number of hydrogen-bond acceptors (Lipinski definition) is 7. The van der Waals surface area contributed by atoms with Crippen molar-refractivity contribution in [2.24, 2.45) is 10.3 Å². The normalized spacial score (nSPS) is 19.7. The summed E-state index contributed by atoms with van der Waals surface area (Å²) in [5.41, 5.74) is 1.11. The highest BCUT2D eigenvalue weighted by Gasteiger charge is 2.36. The third-order valence-electron chi connectivity index (χ3n) is 1.57. The molecule has 0 aromatic carbocycles. The van der Waals surface area contributed by atoms with Crippen LogP contribution in [0.15, 0.2) is 10.3 Å². The van der Waals surface area contributed by atoms with Crippen molar-refractivity contribution in [1.29, 1.82) is 5.41 Å². The van der Waals surface area contributed by atoms with Gasteiger partial charge in [-0.3, -0.25) is 15.0 Å². The molecule has 1 aliphatic rings. The fourth-order valence-electron chi connectivity index (χ4n) is 0.873. The summed E-state index contributed by atoms with van der Waals surface area (Å²) in [5.74, 6) is -2.98. The summed E-state index contributed by atoms with van der Waals surface area (Å²) in [4.78, 5) is 33.0. The Balaban J connectivity index is 2.79. The van der Waals surface area contributed by atoms with Gasteiger partial charge in [-0.25, -0.2) is 10.2 Å². The molecule has 80 valence electrons. The van der Waals surface area contributed by atoms with E-state index in [2.05, 4.69) is 15.1 Å². The number of esters is 1. The van der Waals surface area contributed by atoms with Gasteiger partial charge in [-0.15, -0.1) is 0 Å². The van der Waals surface area contributed by atoms with Crippen molar-refractivity contribution in [3.8, 4) is 0 Å². The van der Waals surface area contributed by atoms with Crippen LogP contribution in [0, 0.1) is 5.41 Å². The molecule has 1 amide bonds. The van der Waals surface area contributed by atoms with Crippen molar-refractivity contribution < 1.29 is 19.1 Å². The van der Waals surface area contributed by atoms with Crippen molar-refractivity contribution in [2.45, 2.75) is 13.0 Å². The summed E-state index contributed by atoms with van der Waals surface area (Å²) in [7, 11) is 0. The molecule has 2 N–H and O–H groups in total. The Morgan fingerprint density at radius 3 is 2.87 bits per heavy atom. The maximum absolute atomic E-state index is 11.2. The van der Waals surface area contributed by atoms with E-state index in [0.717, 1.165) is 0 Å². The summed E-state index contributed by atoms with van der Waals surface area (Å²) in [5, 5.41) is 13.7. The molecule has 15 heavy (non-hydrogen) atoms. The molecule has 1 aliphatic heterocycles. The summed E-state index contributed by atoms with van der Waals surface area (Å²) in [6.07, 6.45) is 0. The molecule has 0 saturated heterocycles. The van der Waals surface area contributed by atoms with Crippen LogP contribution >= 0.6 is 0 Å². The Bertz CT molecular complexity index is 362. The maximum atomic E-state index is 11.2. The van der Waals surface area contributed by atoms with Crippen molar-refractivity contribution in [3.63, 3.8) is 0 Å². The predicted molar refractivity (Wildman–Crippen MR) is 46.2 cm³/mol. The fourth-order valence-corrected chi connectivity index (χ4v) is 0.873. The first-order valence-electron chi connectivity index (χ1n) is 4.07. The van der Waals surface area contributed by atoms with Crippen molar-refractivity contribution in [2.75, 3.05) is 6.61 Å². The lowest BCUT2D eigenvalue weighted by atomic mass is 10.1. The molecule has 0 fully saturated rings. The van der Waals surface area contributed by atoms with Gasteiger partial charge in [-0.2, -0.15) is 5.11 Å². The van der Waals surface area contributed by atoms with Gasteiger partial charge in [0.25, 0.3) is 5.78 Å². The molecule has 0 saturated carbocycles. The Labute approximate surface area is 84.2 Å². The molecule has 0 spiro atoms. The molecule has 1 atom stereocenters. The van der Waals surface area contributed by atoms with E-state index in [1.54, 1.807) is 6.92 Å². The summed E-state index contributed by atoms with van der Waals surface area (Å²) >= 11 is 0. The Morgan fingerprint density at radius 1 is 1.60 bits per heavy atom. The number of carbonyl (C=O) groups excluding carboxylic acids is 3. The number of ether oxygens (including phenoxy) is 1. The van der Waals surface area contributed by atoms with Gasteiger partial charge in [-0.1, -0.05) is 5.22 Å². The minimum atomic E-state index is -1.49. The van der Waals surface area contributed by atoms with Crippen molar-refractivity contribution in [1.82, 2.24) is 5.43 Å². The summed E-state index contributed by atoms with van der Waals surface area (Å²) in [6, 6.07) is -1.49. The first-order valence-corrected chi connectivity index (χ1v) is 4.07. The van der Waals surface area contributed by atoms with E-state index in [9.17, 15) is 14.4 Å². The third-order valence-corrected chi connectivity index (χ3v) is 1.57. The smallest absolute Gasteiger partial charge is 0.354 e. The lowest BCUT2D eigenvalue weighted by Gasteiger charge is -2.12. The Kier molecular flexibility index (Phi) is 3.21. The molecule has 1 rings (SSSR count). The number of amides is 1. The monoisotopic (exact) mass is 212 g/mol. The first-order chi connectivity index (χ1) is 7.07. The molecule has 0 radical (unpaired) electrons. The molecule has 0 aromatic heterocycles. The van der Waals surface area contributed by atoms with Crippen molar-refractivity contribution in [3.05, 3.63) is 0 Å². The lowest BCUT2D eigenvalue weighted by Crippen LogP contribution is -2.45. The number of carbonyl (C=O) groups is 3. The zero-order valence-corrected chi connectivity index (χ0v) is 7.81. The Morgan fingerprint density at radius 2 is 2.27 bits per heavy atom. The molecule has 8 nitrogen and oxygen atoms in total. The van der Waals surface area contributed by atoms with Gasteiger partial charge in [0.2, 0.25) is 0 Å². The number of ketones is 1. The van der Waals surface area contributed by atoms with Crippen LogP contribution in [0.4, 0.5) is 0 Å². The van der Waals surface area contributed by atoms with Gasteiger partial charge in [0.15, 0.2) is 11.8 Å². The average Bonchev–Trinajstić information content (AvgIpc) is 2.21. The highest BCUT2D eigenvalue weighted by molar-refractivity contribution is 6.51. The number of Topliss-reactive ketones (excluding diaryl/α,β-unsaturated/α-hetero) is 1. The highest BCUT2D eigenvalue weighted by Crippen LogP contribution is 2.03. The highest BCUT2D eigenvalue weighted by atomic mass is 16.5. The van der Waals surface area contributed by atoms with Crippen LogP contribution in [0.2, 0.25) is 0 Å². The molecular weight excluding hydrogens is 204 g/mol. The van der Waals surface area contributed by atoms with E-state index in [1.807, 2.05) is 5.43 Å². The number of nitrogens with zero attached hydrogens (tertiary/aromatic N) is 2. The second-order valence-corrected chi connectivity index (χ2v) is 2.56. The van der Waals surface area contributed by atoms with Crippen LogP contribution < -0.4 is 5.43 Å². The van der Waals surface area contributed by atoms with Gasteiger partial charge in [0.05, 0.1) is 6.61 Å². The Hall–Kier alpha value is -2.12. The van der Waals surface area contributed by atoms with Crippen LogP contribution in [0.3, 0.4) is 0 Å². The van der Waals surface area contributed by atoms with Crippen LogP contribution in [-0.2, 0) is 19.1 Å². The standard InChI is InChI=1S/C7H8N4O4/c1-2-15-7(14)3(8)4-5(12)6(13)10-11-9-4/h4,8H,2H2,1H3,(H,9,10,13). The molecule has 0 aliphatic carbocycles. The summed E-state index contributed by atoms with van der Waals surface area (Å²) < 4.78 is 4.49. The molecule has 1 heterocycles. The average molecular weight is 212 g/mol. The molecule has 8 heteroatoms. The van der Waals surface area contributed by atoms with Crippen molar-refractivity contribution >= 4 is 23.4 Å². The zero-order valence-electron chi connectivity index (χ0n) is 7.81. The second kappa shape index (κ2) is 4.40. The van der Waals surface area contributed by atoms with Gasteiger partial charge in [-0.05, 0) is 6.92 Å². The van der Waals surface area contributed by atoms with E-state index < -0.39 is 29.4 Å². The van der Waals surface area contributed by atoms with E-state index in [4.69, 9.17) is 5.41 Å². The fraction of sp³-hybridized carbons (Fsp3) is 0.429. The zero-order chi connectivity index (χ0) is 11.4. The minimum absolute atomic E-state index is 0.0749. The molecule has 0 aromatic rings.